The van der Waals surface area contributed by atoms with Gasteiger partial charge in [0.15, 0.2) is 0 Å². The maximum absolute atomic E-state index is 6.09. The van der Waals surface area contributed by atoms with Crippen LogP contribution in [0.4, 0.5) is 0 Å². The third-order valence-electron chi connectivity index (χ3n) is 2.43. The van der Waals surface area contributed by atoms with Crippen LogP contribution in [-0.2, 0) is 0 Å². The Labute approximate surface area is 110 Å². The molecule has 1 aromatic carbocycles. The summed E-state index contributed by atoms with van der Waals surface area (Å²) in [5.74, 6) is 5.56. The predicted octanol–water partition coefficient (Wildman–Crippen LogP) is 2.94. The van der Waals surface area contributed by atoms with E-state index in [1.165, 1.54) is 0 Å². The largest absolute Gasteiger partial charge is 0.271 e. The van der Waals surface area contributed by atoms with E-state index in [1.54, 1.807) is 30.5 Å². The molecule has 88 valence electrons. The molecule has 0 radical (unpaired) electrons. The zero-order chi connectivity index (χ0) is 12.3. The zero-order valence-corrected chi connectivity index (χ0v) is 10.4. The van der Waals surface area contributed by atoms with Crippen LogP contribution >= 0.6 is 23.2 Å². The third-order valence-corrected chi connectivity index (χ3v) is 3.00. The molecule has 0 amide bonds. The Bertz CT molecular complexity index is 499. The second-order valence-corrected chi connectivity index (χ2v) is 4.37. The number of halogens is 2. The summed E-state index contributed by atoms with van der Waals surface area (Å²) in [4.78, 5) is 4.24. The summed E-state index contributed by atoms with van der Waals surface area (Å²) in [7, 11) is 0. The van der Waals surface area contributed by atoms with Gasteiger partial charge in [-0.3, -0.25) is 10.8 Å². The van der Waals surface area contributed by atoms with Crippen LogP contribution in [0.25, 0.3) is 0 Å². The number of rotatable bonds is 3. The van der Waals surface area contributed by atoms with Gasteiger partial charge in [0.25, 0.3) is 0 Å². The van der Waals surface area contributed by atoms with Gasteiger partial charge in [0.1, 0.15) is 0 Å². The third kappa shape index (κ3) is 2.76. The summed E-state index contributed by atoms with van der Waals surface area (Å²) in [6.07, 6.45) is 1.68. The van der Waals surface area contributed by atoms with E-state index in [4.69, 9.17) is 29.0 Å². The van der Waals surface area contributed by atoms with Crippen molar-refractivity contribution in [2.45, 2.75) is 6.04 Å². The van der Waals surface area contributed by atoms with Crippen LogP contribution < -0.4 is 11.3 Å². The number of benzene rings is 1. The van der Waals surface area contributed by atoms with Crippen molar-refractivity contribution in [1.82, 2.24) is 10.4 Å². The van der Waals surface area contributed by atoms with Crippen molar-refractivity contribution in [2.75, 3.05) is 0 Å². The maximum atomic E-state index is 6.09. The molecule has 0 aliphatic heterocycles. The fraction of sp³-hybridized carbons (Fsp3) is 0.0833. The van der Waals surface area contributed by atoms with Gasteiger partial charge in [-0.2, -0.15) is 0 Å². The first-order valence-electron chi connectivity index (χ1n) is 5.04. The highest BCUT2D eigenvalue weighted by Gasteiger charge is 2.16. The van der Waals surface area contributed by atoms with E-state index in [0.717, 1.165) is 5.56 Å². The molecule has 0 saturated carbocycles. The van der Waals surface area contributed by atoms with Gasteiger partial charge in [-0.25, -0.2) is 5.43 Å². The zero-order valence-electron chi connectivity index (χ0n) is 8.90. The van der Waals surface area contributed by atoms with Crippen molar-refractivity contribution in [3.8, 4) is 0 Å². The molecule has 3 nitrogen and oxygen atoms in total. The van der Waals surface area contributed by atoms with Crippen molar-refractivity contribution < 1.29 is 0 Å². The number of hydrogen-bond donors (Lipinski definition) is 2. The quantitative estimate of drug-likeness (QED) is 0.664. The average molecular weight is 268 g/mol. The molecule has 0 spiro atoms. The molecule has 0 aliphatic carbocycles. The summed E-state index contributed by atoms with van der Waals surface area (Å²) >= 11 is 11.9. The second-order valence-electron chi connectivity index (χ2n) is 3.52. The minimum atomic E-state index is -0.249. The first-order valence-corrected chi connectivity index (χ1v) is 5.80. The lowest BCUT2D eigenvalue weighted by Gasteiger charge is -2.16. The van der Waals surface area contributed by atoms with Crippen LogP contribution in [0.15, 0.2) is 42.6 Å². The van der Waals surface area contributed by atoms with Crippen molar-refractivity contribution >= 4 is 23.2 Å². The van der Waals surface area contributed by atoms with Gasteiger partial charge in [-0.1, -0.05) is 35.3 Å². The Morgan fingerprint density at radius 1 is 1.12 bits per heavy atom. The molecule has 0 aliphatic rings. The molecule has 2 aromatic rings. The van der Waals surface area contributed by atoms with Gasteiger partial charge in [0.05, 0.1) is 16.8 Å². The molecular formula is C12H11Cl2N3. The Morgan fingerprint density at radius 3 is 2.41 bits per heavy atom. The summed E-state index contributed by atoms with van der Waals surface area (Å²) in [6, 6.07) is 10.7. The molecule has 0 bridgehead atoms. The lowest BCUT2D eigenvalue weighted by molar-refractivity contribution is 0.621. The van der Waals surface area contributed by atoms with E-state index in [0.29, 0.717) is 15.7 Å². The second kappa shape index (κ2) is 5.47. The van der Waals surface area contributed by atoms with Crippen molar-refractivity contribution in [1.29, 1.82) is 0 Å². The van der Waals surface area contributed by atoms with Crippen molar-refractivity contribution in [3.05, 3.63) is 63.9 Å². The Balaban J connectivity index is 2.40. The van der Waals surface area contributed by atoms with Gasteiger partial charge in [-0.15, -0.1) is 0 Å². The molecular weight excluding hydrogens is 257 g/mol. The highest BCUT2D eigenvalue weighted by molar-refractivity contribution is 6.31. The fourth-order valence-corrected chi connectivity index (χ4v) is 1.96. The predicted molar refractivity (Wildman–Crippen MR) is 69.9 cm³/mol. The topological polar surface area (TPSA) is 50.9 Å². The number of nitrogens with zero attached hydrogens (tertiary/aromatic N) is 1. The van der Waals surface area contributed by atoms with Gasteiger partial charge in [-0.05, 0) is 29.8 Å². The lowest BCUT2D eigenvalue weighted by Crippen LogP contribution is -2.29. The number of aromatic nitrogens is 1. The monoisotopic (exact) mass is 267 g/mol. The smallest absolute Gasteiger partial charge is 0.0896 e. The number of nitrogens with one attached hydrogen (secondary N) is 1. The van der Waals surface area contributed by atoms with Gasteiger partial charge >= 0.3 is 0 Å². The number of hydrazine groups is 1. The molecule has 1 unspecified atom stereocenters. The lowest BCUT2D eigenvalue weighted by atomic mass is 10.0. The van der Waals surface area contributed by atoms with Crippen LogP contribution in [0.5, 0.6) is 0 Å². The van der Waals surface area contributed by atoms with E-state index >= 15 is 0 Å². The van der Waals surface area contributed by atoms with E-state index in [9.17, 15) is 0 Å². The van der Waals surface area contributed by atoms with Crippen LogP contribution in [0.1, 0.15) is 17.3 Å². The molecule has 0 fully saturated rings. The fourth-order valence-electron chi connectivity index (χ4n) is 1.60. The van der Waals surface area contributed by atoms with Gasteiger partial charge < -0.3 is 0 Å². The SMILES string of the molecule is NNC(c1ccc(Cl)cc1)c1ncccc1Cl. The Hall–Kier alpha value is -1.13. The Kier molecular flexibility index (Phi) is 3.97. The minimum absolute atomic E-state index is 0.249. The number of pyridine rings is 1. The molecule has 0 saturated heterocycles. The first-order chi connectivity index (χ1) is 8.22. The van der Waals surface area contributed by atoms with E-state index < -0.39 is 0 Å². The minimum Gasteiger partial charge on any atom is -0.271 e. The highest BCUT2D eigenvalue weighted by atomic mass is 35.5. The summed E-state index contributed by atoms with van der Waals surface area (Å²) in [5.41, 5.74) is 4.35. The van der Waals surface area contributed by atoms with E-state index in [-0.39, 0.29) is 6.04 Å². The van der Waals surface area contributed by atoms with Crippen LogP contribution in [0.3, 0.4) is 0 Å². The average Bonchev–Trinajstić information content (AvgIpc) is 2.35. The number of hydrogen-bond acceptors (Lipinski definition) is 3. The molecule has 5 heteroatoms. The van der Waals surface area contributed by atoms with E-state index in [1.807, 2.05) is 12.1 Å². The molecule has 1 aromatic heterocycles. The van der Waals surface area contributed by atoms with Crippen LogP contribution in [0.2, 0.25) is 10.0 Å². The molecule has 1 atom stereocenters. The highest BCUT2D eigenvalue weighted by Crippen LogP contribution is 2.26. The summed E-state index contributed by atoms with van der Waals surface area (Å²) in [6.45, 7) is 0. The van der Waals surface area contributed by atoms with Crippen molar-refractivity contribution in [3.63, 3.8) is 0 Å². The van der Waals surface area contributed by atoms with Gasteiger partial charge in [0.2, 0.25) is 0 Å². The van der Waals surface area contributed by atoms with Gasteiger partial charge in [0, 0.05) is 11.2 Å². The normalized spacial score (nSPS) is 12.4. The van der Waals surface area contributed by atoms with Crippen LogP contribution in [-0.4, -0.2) is 4.98 Å². The van der Waals surface area contributed by atoms with Crippen molar-refractivity contribution in [2.24, 2.45) is 5.84 Å². The summed E-state index contributed by atoms with van der Waals surface area (Å²) < 4.78 is 0. The summed E-state index contributed by atoms with van der Waals surface area (Å²) in [5, 5.41) is 1.25. The molecule has 2 rings (SSSR count). The number of nitrogens with two attached hydrogens (primary N) is 1. The molecule has 1 heterocycles. The first kappa shape index (κ1) is 12.3. The van der Waals surface area contributed by atoms with E-state index in [2.05, 4.69) is 10.4 Å². The Morgan fingerprint density at radius 2 is 1.82 bits per heavy atom. The standard InChI is InChI=1S/C12H11Cl2N3/c13-9-5-3-8(4-6-9)11(17-15)12-10(14)2-1-7-16-12/h1-7,11,17H,15H2. The maximum Gasteiger partial charge on any atom is 0.0896 e. The molecule has 3 N–H and O–H groups in total. The molecule has 17 heavy (non-hydrogen) atoms. The van der Waals surface area contributed by atoms with Crippen LogP contribution in [0, 0.1) is 0 Å².